The first-order valence-corrected chi connectivity index (χ1v) is 7.05. The van der Waals surface area contributed by atoms with E-state index in [4.69, 9.17) is 5.73 Å². The van der Waals surface area contributed by atoms with Gasteiger partial charge in [0.2, 0.25) is 0 Å². The van der Waals surface area contributed by atoms with Gasteiger partial charge in [0.25, 0.3) is 0 Å². The van der Waals surface area contributed by atoms with Crippen LogP contribution < -0.4 is 10.6 Å². The molecule has 0 aliphatic carbocycles. The van der Waals surface area contributed by atoms with Crippen molar-refractivity contribution in [2.24, 2.45) is 11.7 Å². The predicted octanol–water partition coefficient (Wildman–Crippen LogP) is 2.55. The summed E-state index contributed by atoms with van der Waals surface area (Å²) in [5.41, 5.74) is 4.86. The molecule has 1 aromatic rings. The highest BCUT2D eigenvalue weighted by atomic mass is 32.1. The number of alkyl halides is 3. The molecule has 2 rings (SSSR count). The number of nitrogens with two attached hydrogens (primary N) is 1. The maximum atomic E-state index is 13.1. The number of piperidine rings is 1. The Hall–Kier alpha value is -1.34. The highest BCUT2D eigenvalue weighted by Gasteiger charge is 2.35. The van der Waals surface area contributed by atoms with Gasteiger partial charge in [0.1, 0.15) is 4.99 Å². The SMILES string of the molecule is CC1CN(c2ccc(C(N)=S)c(C(F)(F)F)c2)CCC1O. The maximum Gasteiger partial charge on any atom is 0.417 e. The number of aliphatic hydroxyl groups is 1. The molecule has 0 aromatic heterocycles. The van der Waals surface area contributed by atoms with Crippen molar-refractivity contribution in [1.82, 2.24) is 0 Å². The molecule has 1 fully saturated rings. The van der Waals surface area contributed by atoms with Crippen molar-refractivity contribution in [3.05, 3.63) is 29.3 Å². The molecule has 3 N–H and O–H groups in total. The molecular weight excluding hydrogens is 301 g/mol. The fourth-order valence-corrected chi connectivity index (χ4v) is 2.72. The molecule has 116 valence electrons. The molecule has 1 heterocycles. The standard InChI is InChI=1S/C14H17F3N2OS/c1-8-7-19(5-4-12(8)20)9-2-3-10(13(18)21)11(6-9)14(15,16)17/h2-3,6,8,12,20H,4-5,7H2,1H3,(H2,18,21). The zero-order chi connectivity index (χ0) is 15.8. The van der Waals surface area contributed by atoms with Crippen LogP contribution >= 0.6 is 12.2 Å². The van der Waals surface area contributed by atoms with Crippen LogP contribution in [0.5, 0.6) is 0 Å². The minimum absolute atomic E-state index is 0.0170. The molecule has 7 heteroatoms. The lowest BCUT2D eigenvalue weighted by molar-refractivity contribution is -0.137. The third-order valence-corrected chi connectivity index (χ3v) is 4.02. The second-order valence-corrected chi connectivity index (χ2v) is 5.81. The van der Waals surface area contributed by atoms with Gasteiger partial charge in [0.15, 0.2) is 0 Å². The Kier molecular flexibility index (Phi) is 4.43. The van der Waals surface area contributed by atoms with E-state index in [0.29, 0.717) is 25.2 Å². The van der Waals surface area contributed by atoms with Crippen LogP contribution in [0.15, 0.2) is 18.2 Å². The van der Waals surface area contributed by atoms with Gasteiger partial charge < -0.3 is 15.7 Å². The van der Waals surface area contributed by atoms with E-state index in [2.05, 4.69) is 12.2 Å². The fourth-order valence-electron chi connectivity index (χ4n) is 2.55. The molecule has 3 nitrogen and oxygen atoms in total. The lowest BCUT2D eigenvalue weighted by Gasteiger charge is -2.36. The summed E-state index contributed by atoms with van der Waals surface area (Å²) in [4.78, 5) is 1.58. The number of hydrogen-bond acceptors (Lipinski definition) is 3. The Labute approximate surface area is 126 Å². The van der Waals surface area contributed by atoms with Gasteiger partial charge in [-0.1, -0.05) is 19.1 Å². The summed E-state index contributed by atoms with van der Waals surface area (Å²) in [7, 11) is 0. The summed E-state index contributed by atoms with van der Waals surface area (Å²) in [6.45, 7) is 2.92. The number of nitrogens with zero attached hydrogens (tertiary/aromatic N) is 1. The van der Waals surface area contributed by atoms with Gasteiger partial charge in [-0.3, -0.25) is 0 Å². The molecule has 0 amide bonds. The first-order valence-electron chi connectivity index (χ1n) is 6.64. The summed E-state index contributed by atoms with van der Waals surface area (Å²) in [5, 5.41) is 9.70. The number of rotatable bonds is 2. The Morgan fingerprint density at radius 1 is 1.43 bits per heavy atom. The first-order chi connectivity index (χ1) is 9.70. The minimum Gasteiger partial charge on any atom is -0.393 e. The van der Waals surface area contributed by atoms with Gasteiger partial charge >= 0.3 is 6.18 Å². The van der Waals surface area contributed by atoms with Crippen LogP contribution in [-0.4, -0.2) is 29.3 Å². The highest BCUT2D eigenvalue weighted by molar-refractivity contribution is 7.80. The van der Waals surface area contributed by atoms with Crippen LogP contribution in [0.3, 0.4) is 0 Å². The predicted molar refractivity (Wildman–Crippen MR) is 79.3 cm³/mol. The molecule has 1 saturated heterocycles. The highest BCUT2D eigenvalue weighted by Crippen LogP contribution is 2.35. The van der Waals surface area contributed by atoms with Gasteiger partial charge in [-0.25, -0.2) is 0 Å². The summed E-state index contributed by atoms with van der Waals surface area (Å²) < 4.78 is 39.4. The summed E-state index contributed by atoms with van der Waals surface area (Å²) in [6.07, 6.45) is -4.37. The van der Waals surface area contributed by atoms with E-state index in [1.165, 1.54) is 6.07 Å². The van der Waals surface area contributed by atoms with Gasteiger partial charge in [-0.15, -0.1) is 0 Å². The number of benzene rings is 1. The monoisotopic (exact) mass is 318 g/mol. The van der Waals surface area contributed by atoms with E-state index in [-0.39, 0.29) is 16.5 Å². The van der Waals surface area contributed by atoms with Gasteiger partial charge in [-0.05, 0) is 30.5 Å². The fraction of sp³-hybridized carbons (Fsp3) is 0.500. The molecule has 0 saturated carbocycles. The molecule has 2 unspecified atom stereocenters. The topological polar surface area (TPSA) is 49.5 Å². The quantitative estimate of drug-likeness (QED) is 0.823. The average Bonchev–Trinajstić information content (AvgIpc) is 2.40. The van der Waals surface area contributed by atoms with Gasteiger partial charge in [0.05, 0.1) is 11.7 Å². The van der Waals surface area contributed by atoms with E-state index in [1.54, 1.807) is 6.07 Å². The molecule has 21 heavy (non-hydrogen) atoms. The van der Waals surface area contributed by atoms with Crippen molar-refractivity contribution in [3.63, 3.8) is 0 Å². The lowest BCUT2D eigenvalue weighted by atomic mass is 9.95. The second kappa shape index (κ2) is 5.81. The normalized spacial score (nSPS) is 23.2. The molecule has 2 atom stereocenters. The Bertz CT molecular complexity index is 548. The Morgan fingerprint density at radius 3 is 2.62 bits per heavy atom. The van der Waals surface area contributed by atoms with Crippen molar-refractivity contribution in [2.75, 3.05) is 18.0 Å². The van der Waals surface area contributed by atoms with Crippen molar-refractivity contribution in [3.8, 4) is 0 Å². The zero-order valence-corrected chi connectivity index (χ0v) is 12.3. The van der Waals surface area contributed by atoms with E-state index in [9.17, 15) is 18.3 Å². The minimum atomic E-state index is -4.50. The number of thiocarbonyl (C=S) groups is 1. The van der Waals surface area contributed by atoms with Crippen LogP contribution in [-0.2, 0) is 6.18 Å². The van der Waals surface area contributed by atoms with Crippen LogP contribution in [0.4, 0.5) is 18.9 Å². The number of aliphatic hydroxyl groups excluding tert-OH is 1. The molecular formula is C14H17F3N2OS. The van der Waals surface area contributed by atoms with Gasteiger partial charge in [-0.2, -0.15) is 13.2 Å². The summed E-state index contributed by atoms with van der Waals surface area (Å²) >= 11 is 4.68. The second-order valence-electron chi connectivity index (χ2n) is 5.37. The van der Waals surface area contributed by atoms with Crippen molar-refractivity contribution < 1.29 is 18.3 Å². The first kappa shape index (κ1) is 16.0. The van der Waals surface area contributed by atoms with Crippen LogP contribution in [0.1, 0.15) is 24.5 Å². The van der Waals surface area contributed by atoms with Crippen LogP contribution in [0.2, 0.25) is 0 Å². The largest absolute Gasteiger partial charge is 0.417 e. The number of hydrogen-bond donors (Lipinski definition) is 2. The Morgan fingerprint density at radius 2 is 2.10 bits per heavy atom. The molecule has 1 aliphatic heterocycles. The molecule has 0 radical (unpaired) electrons. The molecule has 0 spiro atoms. The van der Waals surface area contributed by atoms with Crippen LogP contribution in [0.25, 0.3) is 0 Å². The van der Waals surface area contributed by atoms with Crippen LogP contribution in [0, 0.1) is 5.92 Å². The van der Waals surface area contributed by atoms with Crippen molar-refractivity contribution in [2.45, 2.75) is 25.6 Å². The average molecular weight is 318 g/mol. The van der Waals surface area contributed by atoms with E-state index in [1.807, 2.05) is 11.8 Å². The zero-order valence-electron chi connectivity index (χ0n) is 11.5. The number of halogens is 3. The summed E-state index contributed by atoms with van der Waals surface area (Å²) in [5.74, 6) is 0.0170. The maximum absolute atomic E-state index is 13.1. The van der Waals surface area contributed by atoms with Gasteiger partial charge in [0, 0.05) is 24.3 Å². The Balaban J connectivity index is 2.36. The van der Waals surface area contributed by atoms with E-state index in [0.717, 1.165) is 6.07 Å². The smallest absolute Gasteiger partial charge is 0.393 e. The molecule has 1 aromatic carbocycles. The molecule has 0 bridgehead atoms. The van der Waals surface area contributed by atoms with Crippen molar-refractivity contribution in [1.29, 1.82) is 0 Å². The third kappa shape index (κ3) is 3.47. The summed E-state index contributed by atoms with van der Waals surface area (Å²) in [6, 6.07) is 3.99. The van der Waals surface area contributed by atoms with E-state index < -0.39 is 17.8 Å². The third-order valence-electron chi connectivity index (χ3n) is 3.80. The van der Waals surface area contributed by atoms with E-state index >= 15 is 0 Å². The van der Waals surface area contributed by atoms with Crippen molar-refractivity contribution >= 4 is 22.9 Å². The number of anilines is 1. The molecule has 1 aliphatic rings. The lowest BCUT2D eigenvalue weighted by Crippen LogP contribution is -2.42.